The van der Waals surface area contributed by atoms with Gasteiger partial charge in [0.25, 0.3) is 0 Å². The first-order valence-electron chi connectivity index (χ1n) is 8.15. The van der Waals surface area contributed by atoms with Crippen LogP contribution in [0, 0.1) is 0 Å². The Morgan fingerprint density at radius 3 is 2.43 bits per heavy atom. The molecule has 21 heavy (non-hydrogen) atoms. The van der Waals surface area contributed by atoms with E-state index in [0.717, 1.165) is 45.3 Å². The van der Waals surface area contributed by atoms with Gasteiger partial charge in [0.2, 0.25) is 5.91 Å². The molecule has 0 aromatic rings. The van der Waals surface area contributed by atoms with Crippen LogP contribution in [0.1, 0.15) is 39.0 Å². The lowest BCUT2D eigenvalue weighted by atomic mass is 10.00. The maximum atomic E-state index is 12.3. The largest absolute Gasteiger partial charge is 0.352 e. The zero-order valence-corrected chi connectivity index (χ0v) is 13.2. The van der Waals surface area contributed by atoms with Crippen molar-refractivity contribution in [2.24, 2.45) is 0 Å². The van der Waals surface area contributed by atoms with Gasteiger partial charge < -0.3 is 15.5 Å². The van der Waals surface area contributed by atoms with Gasteiger partial charge in [0.05, 0.1) is 6.04 Å². The third-order valence-electron chi connectivity index (χ3n) is 4.53. The van der Waals surface area contributed by atoms with E-state index in [1.54, 1.807) is 0 Å². The summed E-state index contributed by atoms with van der Waals surface area (Å²) in [5.74, 6) is 0.161. The van der Waals surface area contributed by atoms with Crippen LogP contribution in [-0.2, 0) is 4.79 Å². The number of rotatable bonds is 3. The van der Waals surface area contributed by atoms with Gasteiger partial charge in [0.15, 0.2) is 0 Å². The average molecular weight is 296 g/mol. The Hall–Kier alpha value is -1.30. The maximum Gasteiger partial charge on any atom is 0.317 e. The molecule has 0 unspecified atom stereocenters. The van der Waals surface area contributed by atoms with Gasteiger partial charge in [-0.15, -0.1) is 0 Å². The number of likely N-dealkylation sites (tertiary alicyclic amines) is 2. The van der Waals surface area contributed by atoms with E-state index in [4.69, 9.17) is 0 Å². The summed E-state index contributed by atoms with van der Waals surface area (Å²) in [4.78, 5) is 28.1. The Balaban J connectivity index is 1.75. The lowest BCUT2D eigenvalue weighted by Gasteiger charge is -2.35. The molecule has 6 nitrogen and oxygen atoms in total. The zero-order valence-electron chi connectivity index (χ0n) is 13.2. The van der Waals surface area contributed by atoms with E-state index >= 15 is 0 Å². The van der Waals surface area contributed by atoms with Crippen molar-refractivity contribution in [2.45, 2.75) is 51.1 Å². The number of urea groups is 1. The highest BCUT2D eigenvalue weighted by molar-refractivity contribution is 5.82. The van der Waals surface area contributed by atoms with E-state index in [1.165, 1.54) is 6.42 Å². The first-order valence-corrected chi connectivity index (χ1v) is 8.15. The summed E-state index contributed by atoms with van der Waals surface area (Å²) >= 11 is 0. The first-order chi connectivity index (χ1) is 10.1. The molecule has 6 heteroatoms. The fourth-order valence-corrected chi connectivity index (χ4v) is 3.19. The number of hydrogen-bond donors (Lipinski definition) is 2. The fourth-order valence-electron chi connectivity index (χ4n) is 3.19. The topological polar surface area (TPSA) is 64.7 Å². The van der Waals surface area contributed by atoms with Crippen LogP contribution >= 0.6 is 0 Å². The fraction of sp³-hybridized carbons (Fsp3) is 0.867. The van der Waals surface area contributed by atoms with Crippen molar-refractivity contribution in [3.63, 3.8) is 0 Å². The third kappa shape index (κ3) is 4.33. The molecule has 0 aromatic heterocycles. The summed E-state index contributed by atoms with van der Waals surface area (Å²) in [6.45, 7) is 5.03. The standard InChI is InChI=1S/C15H28N4O2/c1-3-16-15(21)19-10-7-12(8-11-19)17-14(20)13-6-4-5-9-18(13)2/h12-13H,3-11H2,1-2H3,(H,16,21)(H,17,20)/t13-/m1/s1. The molecular weight excluding hydrogens is 268 g/mol. The van der Waals surface area contributed by atoms with Crippen LogP contribution in [0.3, 0.4) is 0 Å². The Morgan fingerprint density at radius 1 is 1.10 bits per heavy atom. The van der Waals surface area contributed by atoms with Crippen molar-refractivity contribution in [1.29, 1.82) is 0 Å². The van der Waals surface area contributed by atoms with Crippen molar-refractivity contribution >= 4 is 11.9 Å². The van der Waals surface area contributed by atoms with Gasteiger partial charge in [0.1, 0.15) is 0 Å². The minimum Gasteiger partial charge on any atom is -0.352 e. The second-order valence-electron chi connectivity index (χ2n) is 6.10. The maximum absolute atomic E-state index is 12.3. The summed E-state index contributed by atoms with van der Waals surface area (Å²) in [5, 5.41) is 5.99. The predicted octanol–water partition coefficient (Wildman–Crippen LogP) is 0.781. The van der Waals surface area contributed by atoms with E-state index in [1.807, 2.05) is 18.9 Å². The molecule has 120 valence electrons. The molecule has 2 N–H and O–H groups in total. The van der Waals surface area contributed by atoms with Crippen LogP contribution < -0.4 is 10.6 Å². The van der Waals surface area contributed by atoms with Crippen molar-refractivity contribution in [3.8, 4) is 0 Å². The van der Waals surface area contributed by atoms with E-state index in [2.05, 4.69) is 15.5 Å². The molecule has 2 fully saturated rings. The second-order valence-corrected chi connectivity index (χ2v) is 6.10. The van der Waals surface area contributed by atoms with Gasteiger partial charge in [-0.05, 0) is 46.2 Å². The molecular formula is C15H28N4O2. The van der Waals surface area contributed by atoms with Crippen molar-refractivity contribution in [1.82, 2.24) is 20.4 Å². The van der Waals surface area contributed by atoms with Crippen LogP contribution in [0.2, 0.25) is 0 Å². The summed E-state index contributed by atoms with van der Waals surface area (Å²) in [7, 11) is 2.03. The Morgan fingerprint density at radius 2 is 1.81 bits per heavy atom. The number of piperidine rings is 2. The molecule has 2 saturated heterocycles. The van der Waals surface area contributed by atoms with Gasteiger partial charge in [-0.3, -0.25) is 9.69 Å². The lowest BCUT2D eigenvalue weighted by molar-refractivity contribution is -0.128. The Bertz CT molecular complexity index is 367. The van der Waals surface area contributed by atoms with Gasteiger partial charge >= 0.3 is 6.03 Å². The lowest BCUT2D eigenvalue weighted by Crippen LogP contribution is -2.53. The number of carbonyl (C=O) groups is 2. The van der Waals surface area contributed by atoms with E-state index in [-0.39, 0.29) is 24.0 Å². The van der Waals surface area contributed by atoms with Crippen molar-refractivity contribution in [3.05, 3.63) is 0 Å². The van der Waals surface area contributed by atoms with Crippen LogP contribution in [0.4, 0.5) is 4.79 Å². The Labute approximate surface area is 127 Å². The quantitative estimate of drug-likeness (QED) is 0.809. The predicted molar refractivity (Wildman–Crippen MR) is 82.1 cm³/mol. The van der Waals surface area contributed by atoms with Crippen LogP contribution in [-0.4, -0.2) is 67.0 Å². The van der Waals surface area contributed by atoms with Crippen molar-refractivity contribution < 1.29 is 9.59 Å². The summed E-state index contributed by atoms with van der Waals surface area (Å²) in [6, 6.07) is 0.243. The van der Waals surface area contributed by atoms with Gasteiger partial charge in [-0.2, -0.15) is 0 Å². The van der Waals surface area contributed by atoms with Crippen LogP contribution in [0.15, 0.2) is 0 Å². The van der Waals surface area contributed by atoms with E-state index in [0.29, 0.717) is 6.54 Å². The third-order valence-corrected chi connectivity index (χ3v) is 4.53. The smallest absolute Gasteiger partial charge is 0.317 e. The molecule has 2 heterocycles. The highest BCUT2D eigenvalue weighted by atomic mass is 16.2. The SMILES string of the molecule is CCNC(=O)N1CCC(NC(=O)[C@H]2CCCCN2C)CC1. The second kappa shape index (κ2) is 7.64. The number of nitrogens with zero attached hydrogens (tertiary/aromatic N) is 2. The molecule has 0 saturated carbocycles. The van der Waals surface area contributed by atoms with Gasteiger partial charge in [0, 0.05) is 25.7 Å². The molecule has 2 aliphatic heterocycles. The number of hydrogen-bond acceptors (Lipinski definition) is 3. The minimum absolute atomic E-state index is 0.00860. The van der Waals surface area contributed by atoms with E-state index in [9.17, 15) is 9.59 Å². The van der Waals surface area contributed by atoms with Crippen molar-refractivity contribution in [2.75, 3.05) is 33.2 Å². The number of likely N-dealkylation sites (N-methyl/N-ethyl adjacent to an activating group) is 1. The summed E-state index contributed by atoms with van der Waals surface area (Å²) in [6.07, 6.45) is 4.97. The highest BCUT2D eigenvalue weighted by Crippen LogP contribution is 2.16. The Kier molecular flexibility index (Phi) is 5.85. The number of amides is 3. The molecule has 2 rings (SSSR count). The molecule has 2 aliphatic rings. The molecule has 0 aliphatic carbocycles. The molecule has 0 bridgehead atoms. The molecule has 3 amide bonds. The van der Waals surface area contributed by atoms with Gasteiger partial charge in [-0.25, -0.2) is 4.79 Å². The van der Waals surface area contributed by atoms with E-state index < -0.39 is 0 Å². The summed E-state index contributed by atoms with van der Waals surface area (Å²) in [5.41, 5.74) is 0. The average Bonchev–Trinajstić information content (AvgIpc) is 2.48. The minimum atomic E-state index is 0.00860. The highest BCUT2D eigenvalue weighted by Gasteiger charge is 2.29. The first kappa shape index (κ1) is 16.1. The van der Waals surface area contributed by atoms with Crippen LogP contribution in [0.25, 0.3) is 0 Å². The summed E-state index contributed by atoms with van der Waals surface area (Å²) < 4.78 is 0. The molecule has 1 atom stereocenters. The van der Waals surface area contributed by atoms with Gasteiger partial charge in [-0.1, -0.05) is 6.42 Å². The molecule has 0 aromatic carbocycles. The zero-order chi connectivity index (χ0) is 15.2. The normalized spacial score (nSPS) is 24.7. The van der Waals surface area contributed by atoms with Crippen LogP contribution in [0.5, 0.6) is 0 Å². The number of carbonyl (C=O) groups excluding carboxylic acids is 2. The monoisotopic (exact) mass is 296 g/mol. The molecule has 0 radical (unpaired) electrons. The number of nitrogens with one attached hydrogen (secondary N) is 2. The molecule has 0 spiro atoms.